The van der Waals surface area contributed by atoms with Crippen molar-refractivity contribution >= 4 is 49.9 Å². The number of nitrogens with zero attached hydrogens (tertiary/aromatic N) is 2. The van der Waals surface area contributed by atoms with E-state index in [1.807, 2.05) is 0 Å². The normalized spacial score (nSPS) is 19.6. The highest BCUT2D eigenvalue weighted by Crippen LogP contribution is 2.38. The van der Waals surface area contributed by atoms with Gasteiger partial charge in [0.1, 0.15) is 0 Å². The van der Waals surface area contributed by atoms with Crippen LogP contribution < -0.4 is 0 Å². The lowest BCUT2D eigenvalue weighted by Crippen LogP contribution is -2.19. The zero-order valence-corrected chi connectivity index (χ0v) is 10.5. The van der Waals surface area contributed by atoms with Gasteiger partial charge in [-0.2, -0.15) is 0 Å². The Morgan fingerprint density at radius 3 is 3.14 bits per heavy atom. The van der Waals surface area contributed by atoms with Crippen LogP contribution in [-0.2, 0) is 0 Å². The molecule has 0 unspecified atom stereocenters. The zero-order chi connectivity index (χ0) is 9.54. The Bertz CT molecular complexity index is 436. The highest BCUT2D eigenvalue weighted by Gasteiger charge is 2.27. The third-order valence-electron chi connectivity index (χ3n) is 2.19. The van der Waals surface area contributed by atoms with Crippen LogP contribution in [0.3, 0.4) is 0 Å². The van der Waals surface area contributed by atoms with Crippen molar-refractivity contribution in [1.82, 2.24) is 4.90 Å². The van der Waals surface area contributed by atoms with E-state index in [0.717, 1.165) is 18.3 Å². The van der Waals surface area contributed by atoms with E-state index >= 15 is 0 Å². The Hall–Kier alpha value is -0.260. The molecular weight excluding hydrogens is 280 g/mol. The number of hydrogen-bond donors (Lipinski definition) is 0. The molecule has 2 aliphatic rings. The fraction of sp³-hybridized carbons (Fsp3) is 0.222. The molecule has 0 N–H and O–H groups in total. The summed E-state index contributed by atoms with van der Waals surface area (Å²) in [6, 6.07) is 4.25. The van der Waals surface area contributed by atoms with E-state index in [1.165, 1.54) is 14.4 Å². The first-order valence-electron chi connectivity index (χ1n) is 4.29. The number of thioether (sulfide) groups is 1. The molecular formula is C9H7BrN2S2. The van der Waals surface area contributed by atoms with Crippen LogP contribution in [-0.4, -0.2) is 23.2 Å². The molecule has 0 spiro atoms. The second-order valence-corrected chi connectivity index (χ2v) is 6.34. The van der Waals surface area contributed by atoms with Crippen LogP contribution in [0.2, 0.25) is 0 Å². The number of halogens is 1. The van der Waals surface area contributed by atoms with Gasteiger partial charge in [-0.1, -0.05) is 11.8 Å². The summed E-state index contributed by atoms with van der Waals surface area (Å²) in [5.74, 6) is 0. The summed E-state index contributed by atoms with van der Waals surface area (Å²) in [7, 11) is 0. The molecule has 0 saturated carbocycles. The molecule has 5 heteroatoms. The van der Waals surface area contributed by atoms with Gasteiger partial charge in [0.2, 0.25) is 0 Å². The molecule has 0 bridgehead atoms. The maximum Gasteiger partial charge on any atom is 0.168 e. The zero-order valence-electron chi connectivity index (χ0n) is 7.24. The number of amidine groups is 1. The minimum atomic E-state index is 0.937. The van der Waals surface area contributed by atoms with Gasteiger partial charge >= 0.3 is 0 Å². The van der Waals surface area contributed by atoms with Crippen molar-refractivity contribution in [2.45, 2.75) is 0 Å². The van der Waals surface area contributed by atoms with Gasteiger partial charge in [0, 0.05) is 12.0 Å². The fourth-order valence-electron chi connectivity index (χ4n) is 1.57. The van der Waals surface area contributed by atoms with E-state index in [0.29, 0.717) is 0 Å². The standard InChI is InChI=1S/C9H7BrN2S2/c10-8-2-1-7(14-8)6-5-13-9-11-3-4-12(6)9/h1-2,5H,3-4H2. The van der Waals surface area contributed by atoms with Crippen LogP contribution in [0.15, 0.2) is 26.3 Å². The molecule has 3 rings (SSSR count). The van der Waals surface area contributed by atoms with E-state index in [1.54, 1.807) is 23.1 Å². The minimum absolute atomic E-state index is 0.937. The Morgan fingerprint density at radius 1 is 1.43 bits per heavy atom. The van der Waals surface area contributed by atoms with Crippen molar-refractivity contribution in [3.05, 3.63) is 26.2 Å². The van der Waals surface area contributed by atoms with Crippen LogP contribution in [0.25, 0.3) is 5.70 Å². The molecule has 0 atom stereocenters. The third-order valence-corrected chi connectivity index (χ3v) is 4.74. The number of aliphatic imine (C=N–C) groups is 1. The maximum absolute atomic E-state index is 4.43. The molecule has 0 radical (unpaired) electrons. The lowest BCUT2D eigenvalue weighted by molar-refractivity contribution is 0.652. The molecule has 0 aliphatic carbocycles. The molecule has 3 heterocycles. The van der Waals surface area contributed by atoms with E-state index in [9.17, 15) is 0 Å². The smallest absolute Gasteiger partial charge is 0.168 e. The fourth-order valence-corrected chi connectivity index (χ4v) is 4.01. The van der Waals surface area contributed by atoms with E-state index in [2.05, 4.69) is 43.4 Å². The third kappa shape index (κ3) is 1.34. The summed E-state index contributed by atoms with van der Waals surface area (Å²) in [6.45, 7) is 1.97. The summed E-state index contributed by atoms with van der Waals surface area (Å²) >= 11 is 6.99. The summed E-state index contributed by atoms with van der Waals surface area (Å²) in [4.78, 5) is 8.04. The summed E-state index contributed by atoms with van der Waals surface area (Å²) in [5, 5.41) is 3.35. The molecule has 14 heavy (non-hydrogen) atoms. The molecule has 2 aliphatic heterocycles. The average Bonchev–Trinajstić information content (AvgIpc) is 2.77. The molecule has 0 saturated heterocycles. The quantitative estimate of drug-likeness (QED) is 0.788. The molecule has 2 nitrogen and oxygen atoms in total. The monoisotopic (exact) mass is 286 g/mol. The lowest BCUT2D eigenvalue weighted by atomic mass is 10.3. The first-order chi connectivity index (χ1) is 6.84. The van der Waals surface area contributed by atoms with Crippen molar-refractivity contribution in [3.63, 3.8) is 0 Å². The lowest BCUT2D eigenvalue weighted by Gasteiger charge is -2.14. The van der Waals surface area contributed by atoms with Crippen LogP contribution >= 0.6 is 39.0 Å². The Balaban J connectivity index is 1.97. The van der Waals surface area contributed by atoms with Gasteiger partial charge in [-0.15, -0.1) is 11.3 Å². The molecule has 1 aromatic rings. The predicted octanol–water partition coefficient (Wildman–Crippen LogP) is 3.23. The molecule has 72 valence electrons. The van der Waals surface area contributed by atoms with Gasteiger partial charge in [-0.3, -0.25) is 4.99 Å². The van der Waals surface area contributed by atoms with Crippen molar-refractivity contribution < 1.29 is 0 Å². The van der Waals surface area contributed by atoms with Gasteiger partial charge in [0.05, 0.1) is 20.9 Å². The van der Waals surface area contributed by atoms with Gasteiger partial charge in [0.15, 0.2) is 5.17 Å². The SMILES string of the molecule is Brc1ccc(C2=CSC3=NCCN23)s1. The number of fused-ring (bicyclic) bond motifs is 1. The van der Waals surface area contributed by atoms with Gasteiger partial charge in [0.25, 0.3) is 0 Å². The highest BCUT2D eigenvalue weighted by molar-refractivity contribution is 9.11. The van der Waals surface area contributed by atoms with Crippen LogP contribution in [0.1, 0.15) is 4.88 Å². The molecule has 1 aromatic heterocycles. The Morgan fingerprint density at radius 2 is 2.36 bits per heavy atom. The number of hydrogen-bond acceptors (Lipinski definition) is 4. The summed E-state index contributed by atoms with van der Waals surface area (Å²) in [5.41, 5.74) is 1.31. The van der Waals surface area contributed by atoms with Crippen molar-refractivity contribution in [2.75, 3.05) is 13.1 Å². The van der Waals surface area contributed by atoms with Crippen molar-refractivity contribution in [2.24, 2.45) is 4.99 Å². The highest BCUT2D eigenvalue weighted by atomic mass is 79.9. The predicted molar refractivity (Wildman–Crippen MR) is 66.6 cm³/mol. The van der Waals surface area contributed by atoms with Gasteiger partial charge in [-0.05, 0) is 28.1 Å². The molecule has 0 fully saturated rings. The number of rotatable bonds is 1. The van der Waals surface area contributed by atoms with Crippen molar-refractivity contribution in [3.8, 4) is 0 Å². The second-order valence-electron chi connectivity index (χ2n) is 3.04. The second kappa shape index (κ2) is 3.40. The summed E-state index contributed by atoms with van der Waals surface area (Å²) < 4.78 is 1.18. The Kier molecular flexibility index (Phi) is 2.18. The first-order valence-corrected chi connectivity index (χ1v) is 6.78. The van der Waals surface area contributed by atoms with Crippen LogP contribution in [0.5, 0.6) is 0 Å². The minimum Gasteiger partial charge on any atom is -0.317 e. The van der Waals surface area contributed by atoms with Gasteiger partial charge < -0.3 is 4.90 Å². The molecule has 0 amide bonds. The van der Waals surface area contributed by atoms with Crippen molar-refractivity contribution in [1.29, 1.82) is 0 Å². The van der Waals surface area contributed by atoms with E-state index in [4.69, 9.17) is 0 Å². The number of thiophene rings is 1. The Labute approximate surface area is 98.8 Å². The van der Waals surface area contributed by atoms with E-state index in [-0.39, 0.29) is 0 Å². The van der Waals surface area contributed by atoms with Gasteiger partial charge in [-0.25, -0.2) is 0 Å². The first kappa shape index (κ1) is 9.00. The largest absolute Gasteiger partial charge is 0.317 e. The van der Waals surface area contributed by atoms with E-state index < -0.39 is 0 Å². The average molecular weight is 287 g/mol. The van der Waals surface area contributed by atoms with Crippen LogP contribution in [0.4, 0.5) is 0 Å². The summed E-state index contributed by atoms with van der Waals surface area (Å²) in [6.07, 6.45) is 0. The topological polar surface area (TPSA) is 15.6 Å². The van der Waals surface area contributed by atoms with Crippen LogP contribution in [0, 0.1) is 0 Å². The molecule has 0 aromatic carbocycles. The maximum atomic E-state index is 4.43.